The van der Waals surface area contributed by atoms with Gasteiger partial charge in [0.1, 0.15) is 0 Å². The maximum atomic E-state index is 10.2. The molecule has 2 atom stereocenters. The highest BCUT2D eigenvalue weighted by Crippen LogP contribution is 2.21. The van der Waals surface area contributed by atoms with Crippen LogP contribution < -0.4 is 0 Å². The first kappa shape index (κ1) is 15.7. The van der Waals surface area contributed by atoms with Gasteiger partial charge in [-0.25, -0.2) is 0 Å². The van der Waals surface area contributed by atoms with Gasteiger partial charge in [-0.1, -0.05) is 41.9 Å². The topological polar surface area (TPSA) is 23.5 Å². The highest BCUT2D eigenvalue weighted by atomic mass is 79.9. The van der Waals surface area contributed by atoms with E-state index in [1.54, 1.807) is 0 Å². The maximum absolute atomic E-state index is 10.2. The van der Waals surface area contributed by atoms with Gasteiger partial charge in [0.05, 0.1) is 6.10 Å². The number of nitrogens with zero attached hydrogens (tertiary/aromatic N) is 1. The number of hydrogen-bond acceptors (Lipinski definition) is 2. The van der Waals surface area contributed by atoms with Gasteiger partial charge in [0.2, 0.25) is 0 Å². The van der Waals surface area contributed by atoms with Crippen molar-refractivity contribution in [1.29, 1.82) is 0 Å². The summed E-state index contributed by atoms with van der Waals surface area (Å²) in [6.07, 6.45) is 0.383. The number of halogens is 1. The summed E-state index contributed by atoms with van der Waals surface area (Å²) in [5.74, 6) is 0.637. The molecule has 0 saturated carbocycles. The fourth-order valence-corrected chi connectivity index (χ4v) is 2.34. The van der Waals surface area contributed by atoms with E-state index in [1.807, 2.05) is 24.3 Å². The Morgan fingerprint density at radius 2 is 1.94 bits per heavy atom. The second-order valence-electron chi connectivity index (χ2n) is 5.32. The van der Waals surface area contributed by atoms with Crippen molar-refractivity contribution >= 4 is 15.9 Å². The summed E-state index contributed by atoms with van der Waals surface area (Å²) in [6.45, 7) is 7.60. The minimum Gasteiger partial charge on any atom is -0.388 e. The van der Waals surface area contributed by atoms with Crippen molar-refractivity contribution in [2.45, 2.75) is 39.3 Å². The predicted octanol–water partition coefficient (Wildman–Crippen LogP) is 3.85. The smallest absolute Gasteiger partial charge is 0.0802 e. The van der Waals surface area contributed by atoms with Gasteiger partial charge in [-0.2, -0.15) is 0 Å². The Kier molecular flexibility index (Phi) is 6.33. The Morgan fingerprint density at radius 1 is 1.28 bits per heavy atom. The third kappa shape index (κ3) is 4.71. The van der Waals surface area contributed by atoms with E-state index >= 15 is 0 Å². The van der Waals surface area contributed by atoms with E-state index in [4.69, 9.17) is 0 Å². The van der Waals surface area contributed by atoms with Gasteiger partial charge in [-0.05, 0) is 44.0 Å². The van der Waals surface area contributed by atoms with Crippen LogP contribution in [0.25, 0.3) is 0 Å². The van der Waals surface area contributed by atoms with Crippen LogP contribution in [-0.2, 0) is 0 Å². The molecule has 0 aliphatic rings. The molecular formula is C15H24BrNO. The zero-order chi connectivity index (χ0) is 13.7. The lowest BCUT2D eigenvalue weighted by Gasteiger charge is -2.28. The molecule has 0 aromatic heterocycles. The molecule has 0 saturated heterocycles. The summed E-state index contributed by atoms with van der Waals surface area (Å²) in [6, 6.07) is 8.43. The monoisotopic (exact) mass is 313 g/mol. The lowest BCUT2D eigenvalue weighted by Crippen LogP contribution is -2.34. The van der Waals surface area contributed by atoms with Crippen LogP contribution in [-0.4, -0.2) is 29.6 Å². The fraction of sp³-hybridized carbons (Fsp3) is 0.600. The molecule has 0 radical (unpaired) electrons. The van der Waals surface area contributed by atoms with Crippen molar-refractivity contribution in [3.05, 3.63) is 34.3 Å². The average molecular weight is 314 g/mol. The fourth-order valence-electron chi connectivity index (χ4n) is 1.92. The molecule has 0 spiro atoms. The van der Waals surface area contributed by atoms with Crippen LogP contribution in [0.2, 0.25) is 0 Å². The van der Waals surface area contributed by atoms with Crippen molar-refractivity contribution < 1.29 is 5.11 Å². The lowest BCUT2D eigenvalue weighted by molar-refractivity contribution is 0.129. The molecule has 0 aliphatic heterocycles. The Balaban J connectivity index is 2.48. The molecule has 18 heavy (non-hydrogen) atoms. The van der Waals surface area contributed by atoms with Crippen LogP contribution in [0, 0.1) is 5.92 Å². The molecule has 2 nitrogen and oxygen atoms in total. The van der Waals surface area contributed by atoms with E-state index in [1.165, 1.54) is 0 Å². The van der Waals surface area contributed by atoms with Gasteiger partial charge in [-0.15, -0.1) is 0 Å². The molecule has 2 unspecified atom stereocenters. The predicted molar refractivity (Wildman–Crippen MR) is 80.6 cm³/mol. The molecule has 0 fully saturated rings. The van der Waals surface area contributed by atoms with E-state index < -0.39 is 0 Å². The van der Waals surface area contributed by atoms with E-state index in [2.05, 4.69) is 48.6 Å². The van der Waals surface area contributed by atoms with Crippen LogP contribution in [0.4, 0.5) is 0 Å². The van der Waals surface area contributed by atoms with Gasteiger partial charge in [0.15, 0.2) is 0 Å². The van der Waals surface area contributed by atoms with E-state index in [9.17, 15) is 5.11 Å². The number of hydrogen-bond donors (Lipinski definition) is 1. The van der Waals surface area contributed by atoms with E-state index in [0.717, 1.165) is 23.0 Å². The second kappa shape index (κ2) is 7.27. The second-order valence-corrected chi connectivity index (χ2v) is 6.24. The summed E-state index contributed by atoms with van der Waals surface area (Å²) in [4.78, 5) is 2.31. The first-order chi connectivity index (χ1) is 8.41. The summed E-state index contributed by atoms with van der Waals surface area (Å²) >= 11 is 3.43. The molecule has 102 valence electrons. The van der Waals surface area contributed by atoms with Gasteiger partial charge in [-0.3, -0.25) is 0 Å². The zero-order valence-electron chi connectivity index (χ0n) is 11.7. The lowest BCUT2D eigenvalue weighted by atomic mass is 10.0. The van der Waals surface area contributed by atoms with Crippen LogP contribution in [0.1, 0.15) is 38.9 Å². The summed E-state index contributed by atoms with van der Waals surface area (Å²) in [7, 11) is 2.12. The SMILES string of the molecule is CC(C)C(C)N(C)CCC(O)c1cccc(Br)c1. The molecule has 1 N–H and O–H groups in total. The van der Waals surface area contributed by atoms with Crippen molar-refractivity contribution in [3.8, 4) is 0 Å². The van der Waals surface area contributed by atoms with Crippen LogP contribution in [0.3, 0.4) is 0 Å². The highest BCUT2D eigenvalue weighted by Gasteiger charge is 2.15. The Bertz CT molecular complexity index is 367. The molecule has 0 amide bonds. The third-order valence-corrected chi connectivity index (χ3v) is 4.14. The highest BCUT2D eigenvalue weighted by molar-refractivity contribution is 9.10. The Labute approximate surface area is 119 Å². The number of aliphatic hydroxyl groups is 1. The molecule has 1 aromatic carbocycles. The standard InChI is InChI=1S/C15H24BrNO/c1-11(2)12(3)17(4)9-8-15(18)13-6-5-7-14(16)10-13/h5-7,10-12,15,18H,8-9H2,1-4H3. The molecule has 0 bridgehead atoms. The normalized spacial score (nSPS) is 15.1. The largest absolute Gasteiger partial charge is 0.388 e. The summed E-state index contributed by atoms with van der Waals surface area (Å²) < 4.78 is 1.02. The first-order valence-corrected chi connectivity index (χ1v) is 7.35. The van der Waals surface area contributed by atoms with Gasteiger partial charge < -0.3 is 10.0 Å². The van der Waals surface area contributed by atoms with E-state index in [-0.39, 0.29) is 6.10 Å². The van der Waals surface area contributed by atoms with Gasteiger partial charge in [0, 0.05) is 17.1 Å². The van der Waals surface area contributed by atoms with Gasteiger partial charge in [0.25, 0.3) is 0 Å². The maximum Gasteiger partial charge on any atom is 0.0802 e. The minimum atomic E-state index is -0.385. The van der Waals surface area contributed by atoms with Crippen LogP contribution in [0.5, 0.6) is 0 Å². The van der Waals surface area contributed by atoms with Crippen molar-refractivity contribution in [3.63, 3.8) is 0 Å². The Morgan fingerprint density at radius 3 is 2.50 bits per heavy atom. The quantitative estimate of drug-likeness (QED) is 0.862. The molecule has 0 heterocycles. The number of aliphatic hydroxyl groups excluding tert-OH is 1. The van der Waals surface area contributed by atoms with Crippen molar-refractivity contribution in [2.24, 2.45) is 5.92 Å². The van der Waals surface area contributed by atoms with Crippen LogP contribution >= 0.6 is 15.9 Å². The number of benzene rings is 1. The third-order valence-electron chi connectivity index (χ3n) is 3.65. The zero-order valence-corrected chi connectivity index (χ0v) is 13.3. The van der Waals surface area contributed by atoms with Crippen LogP contribution in [0.15, 0.2) is 28.7 Å². The molecule has 0 aliphatic carbocycles. The minimum absolute atomic E-state index is 0.385. The molecule has 3 heteroatoms. The number of rotatable bonds is 6. The summed E-state index contributed by atoms with van der Waals surface area (Å²) in [5.41, 5.74) is 0.981. The van der Waals surface area contributed by atoms with Gasteiger partial charge >= 0.3 is 0 Å². The Hall–Kier alpha value is -0.380. The average Bonchev–Trinajstić information content (AvgIpc) is 2.34. The van der Waals surface area contributed by atoms with Crippen molar-refractivity contribution in [1.82, 2.24) is 4.90 Å². The van der Waals surface area contributed by atoms with E-state index in [0.29, 0.717) is 12.0 Å². The van der Waals surface area contributed by atoms with Crippen molar-refractivity contribution in [2.75, 3.05) is 13.6 Å². The first-order valence-electron chi connectivity index (χ1n) is 6.55. The molecule has 1 aromatic rings. The molecule has 1 rings (SSSR count). The molecular weight excluding hydrogens is 290 g/mol. The summed E-state index contributed by atoms with van der Waals surface area (Å²) in [5, 5.41) is 10.2.